The van der Waals surface area contributed by atoms with E-state index in [9.17, 15) is 4.79 Å². The van der Waals surface area contributed by atoms with Crippen molar-refractivity contribution >= 4 is 17.6 Å². The second-order valence-electron chi connectivity index (χ2n) is 3.07. The van der Waals surface area contributed by atoms with Crippen LogP contribution in [0, 0.1) is 0 Å². The minimum Gasteiger partial charge on any atom is -0.460 e. The van der Waals surface area contributed by atoms with Gasteiger partial charge in [0.05, 0.1) is 6.54 Å². The summed E-state index contributed by atoms with van der Waals surface area (Å²) >= 11 is 5.79. The van der Waals surface area contributed by atoms with Gasteiger partial charge in [0.15, 0.2) is 0 Å². The van der Waals surface area contributed by atoms with Crippen molar-refractivity contribution in [3.63, 3.8) is 0 Å². The number of benzene rings is 1. The number of hydrogen-bond acceptors (Lipinski definition) is 3. The molecule has 1 rings (SSSR count). The molecule has 0 radical (unpaired) electrons. The van der Waals surface area contributed by atoms with Gasteiger partial charge in [0.2, 0.25) is 0 Å². The smallest absolute Gasteiger partial charge is 0.320 e. The molecule has 0 aromatic heterocycles. The van der Waals surface area contributed by atoms with Crippen LogP contribution < -0.4 is 5.32 Å². The molecule has 0 heterocycles. The van der Waals surface area contributed by atoms with Crippen LogP contribution in [0.5, 0.6) is 0 Å². The maximum atomic E-state index is 11.1. The van der Waals surface area contributed by atoms with Crippen molar-refractivity contribution in [3.05, 3.63) is 34.9 Å². The van der Waals surface area contributed by atoms with Crippen molar-refractivity contribution in [1.82, 2.24) is 5.32 Å². The molecule has 1 aromatic rings. The number of carbonyl (C=O) groups excluding carboxylic acids is 1. The Morgan fingerprint density at radius 3 is 3.00 bits per heavy atom. The van der Waals surface area contributed by atoms with Gasteiger partial charge in [0, 0.05) is 5.02 Å². The number of esters is 1. The molecule has 0 bridgehead atoms. The van der Waals surface area contributed by atoms with Crippen LogP contribution in [0.3, 0.4) is 0 Å². The molecule has 0 aliphatic heterocycles. The van der Waals surface area contributed by atoms with Gasteiger partial charge in [-0.3, -0.25) is 4.79 Å². The van der Waals surface area contributed by atoms with E-state index in [4.69, 9.17) is 16.3 Å². The monoisotopic (exact) mass is 227 g/mol. The average molecular weight is 228 g/mol. The summed E-state index contributed by atoms with van der Waals surface area (Å²) in [6.07, 6.45) is 0. The molecule has 0 aliphatic carbocycles. The molecule has 0 fully saturated rings. The Balaban J connectivity index is 2.33. The van der Waals surface area contributed by atoms with E-state index in [1.165, 1.54) is 0 Å². The Labute approximate surface area is 94.4 Å². The second kappa shape index (κ2) is 6.43. The highest BCUT2D eigenvalue weighted by atomic mass is 35.5. The summed E-state index contributed by atoms with van der Waals surface area (Å²) in [5, 5.41) is 3.54. The predicted octanol–water partition coefficient (Wildman–Crippen LogP) is 1.99. The van der Waals surface area contributed by atoms with Crippen LogP contribution in [0.4, 0.5) is 0 Å². The molecule has 0 unspecified atom stereocenters. The molecule has 0 atom stereocenters. The van der Waals surface area contributed by atoms with Gasteiger partial charge in [0.1, 0.15) is 6.61 Å². The summed E-state index contributed by atoms with van der Waals surface area (Å²) in [4.78, 5) is 11.1. The lowest BCUT2D eigenvalue weighted by Gasteiger charge is -2.05. The largest absolute Gasteiger partial charge is 0.460 e. The SMILES string of the molecule is CCNCC(=O)OCc1cccc(Cl)c1. The van der Waals surface area contributed by atoms with Crippen LogP contribution in [-0.4, -0.2) is 19.1 Å². The molecule has 1 aromatic carbocycles. The van der Waals surface area contributed by atoms with Gasteiger partial charge < -0.3 is 10.1 Å². The maximum Gasteiger partial charge on any atom is 0.320 e. The first-order valence-corrected chi connectivity index (χ1v) is 5.21. The van der Waals surface area contributed by atoms with E-state index in [1.54, 1.807) is 12.1 Å². The zero-order valence-electron chi connectivity index (χ0n) is 8.63. The van der Waals surface area contributed by atoms with E-state index in [1.807, 2.05) is 19.1 Å². The molecular formula is C11H14ClNO2. The summed E-state index contributed by atoms with van der Waals surface area (Å²) in [5.41, 5.74) is 0.896. The Kier molecular flexibility index (Phi) is 5.15. The van der Waals surface area contributed by atoms with Gasteiger partial charge >= 0.3 is 5.97 Å². The zero-order valence-corrected chi connectivity index (χ0v) is 9.38. The first kappa shape index (κ1) is 12.0. The molecule has 0 spiro atoms. The van der Waals surface area contributed by atoms with Gasteiger partial charge in [0.25, 0.3) is 0 Å². The number of hydrogen-bond donors (Lipinski definition) is 1. The molecule has 82 valence electrons. The highest BCUT2D eigenvalue weighted by molar-refractivity contribution is 6.30. The summed E-state index contributed by atoms with van der Waals surface area (Å²) in [7, 11) is 0. The predicted molar refractivity (Wildman–Crippen MR) is 59.8 cm³/mol. The molecule has 1 N–H and O–H groups in total. The second-order valence-corrected chi connectivity index (χ2v) is 3.51. The quantitative estimate of drug-likeness (QED) is 0.782. The van der Waals surface area contributed by atoms with Gasteiger partial charge in [-0.2, -0.15) is 0 Å². The molecule has 0 saturated carbocycles. The first-order chi connectivity index (χ1) is 7.22. The Hall–Kier alpha value is -1.06. The summed E-state index contributed by atoms with van der Waals surface area (Å²) in [6.45, 7) is 3.21. The number of ether oxygens (including phenoxy) is 1. The highest BCUT2D eigenvalue weighted by Crippen LogP contribution is 2.11. The molecule has 4 heteroatoms. The molecule has 0 aliphatic rings. The molecular weight excluding hydrogens is 214 g/mol. The molecule has 3 nitrogen and oxygen atoms in total. The van der Waals surface area contributed by atoms with Crippen LogP contribution in [-0.2, 0) is 16.1 Å². The van der Waals surface area contributed by atoms with Crippen LogP contribution in [0.1, 0.15) is 12.5 Å². The lowest BCUT2D eigenvalue weighted by Crippen LogP contribution is -2.24. The average Bonchev–Trinajstić information content (AvgIpc) is 2.23. The Morgan fingerprint density at radius 2 is 2.33 bits per heavy atom. The highest BCUT2D eigenvalue weighted by Gasteiger charge is 2.01. The third kappa shape index (κ3) is 4.81. The lowest BCUT2D eigenvalue weighted by atomic mass is 10.2. The van der Waals surface area contributed by atoms with E-state index >= 15 is 0 Å². The zero-order chi connectivity index (χ0) is 11.1. The molecule has 15 heavy (non-hydrogen) atoms. The van der Waals surface area contributed by atoms with E-state index in [2.05, 4.69) is 5.32 Å². The number of carbonyl (C=O) groups is 1. The Bertz CT molecular complexity index is 328. The van der Waals surface area contributed by atoms with E-state index in [0.29, 0.717) is 5.02 Å². The van der Waals surface area contributed by atoms with Crippen molar-refractivity contribution in [2.24, 2.45) is 0 Å². The normalized spacial score (nSPS) is 10.0. The van der Waals surface area contributed by atoms with E-state index in [-0.39, 0.29) is 19.1 Å². The van der Waals surface area contributed by atoms with Gasteiger partial charge in [-0.15, -0.1) is 0 Å². The van der Waals surface area contributed by atoms with Crippen LogP contribution in [0.2, 0.25) is 5.02 Å². The van der Waals surface area contributed by atoms with Crippen molar-refractivity contribution in [2.45, 2.75) is 13.5 Å². The standard InChI is InChI=1S/C11H14ClNO2/c1-2-13-7-11(14)15-8-9-4-3-5-10(12)6-9/h3-6,13H,2,7-8H2,1H3. The number of likely N-dealkylation sites (N-methyl/N-ethyl adjacent to an activating group) is 1. The van der Waals surface area contributed by atoms with E-state index < -0.39 is 0 Å². The van der Waals surface area contributed by atoms with Gasteiger partial charge in [-0.25, -0.2) is 0 Å². The minimum absolute atomic E-state index is 0.247. The van der Waals surface area contributed by atoms with Crippen LogP contribution in [0.15, 0.2) is 24.3 Å². The number of halogens is 1. The number of rotatable bonds is 5. The fourth-order valence-corrected chi connectivity index (χ4v) is 1.28. The van der Waals surface area contributed by atoms with Crippen molar-refractivity contribution < 1.29 is 9.53 Å². The summed E-state index contributed by atoms with van der Waals surface area (Å²) in [6, 6.07) is 7.26. The van der Waals surface area contributed by atoms with Crippen LogP contribution in [0.25, 0.3) is 0 Å². The van der Waals surface area contributed by atoms with E-state index in [0.717, 1.165) is 12.1 Å². The summed E-state index contributed by atoms with van der Waals surface area (Å²) < 4.78 is 5.03. The van der Waals surface area contributed by atoms with Crippen molar-refractivity contribution in [2.75, 3.05) is 13.1 Å². The van der Waals surface area contributed by atoms with Gasteiger partial charge in [-0.05, 0) is 24.2 Å². The molecule has 0 amide bonds. The van der Waals surface area contributed by atoms with Gasteiger partial charge in [-0.1, -0.05) is 30.7 Å². The topological polar surface area (TPSA) is 38.3 Å². The fourth-order valence-electron chi connectivity index (χ4n) is 1.07. The van der Waals surface area contributed by atoms with Crippen molar-refractivity contribution in [3.8, 4) is 0 Å². The fraction of sp³-hybridized carbons (Fsp3) is 0.364. The van der Waals surface area contributed by atoms with Crippen molar-refractivity contribution in [1.29, 1.82) is 0 Å². The first-order valence-electron chi connectivity index (χ1n) is 4.83. The summed E-state index contributed by atoms with van der Waals surface area (Å²) in [5.74, 6) is -0.253. The van der Waals surface area contributed by atoms with Crippen LogP contribution >= 0.6 is 11.6 Å². The Morgan fingerprint density at radius 1 is 1.53 bits per heavy atom. The number of nitrogens with one attached hydrogen (secondary N) is 1. The lowest BCUT2D eigenvalue weighted by molar-refractivity contribution is -0.143. The molecule has 0 saturated heterocycles. The third-order valence-corrected chi connectivity index (χ3v) is 2.04. The minimum atomic E-state index is -0.253. The third-order valence-electron chi connectivity index (χ3n) is 1.81. The maximum absolute atomic E-state index is 11.1.